The van der Waals surface area contributed by atoms with Gasteiger partial charge in [0.05, 0.1) is 0 Å². The minimum Gasteiger partial charge on any atom is -0.307 e. The molecular formula is C17H17N3O3S. The van der Waals surface area contributed by atoms with Crippen LogP contribution in [0.2, 0.25) is 0 Å². The molecule has 3 aromatic rings. The van der Waals surface area contributed by atoms with Crippen LogP contribution in [-0.4, -0.2) is 30.1 Å². The number of rotatable bonds is 4. The number of aromatic amines is 1. The van der Waals surface area contributed by atoms with Crippen molar-refractivity contribution < 1.29 is 8.76 Å². The molecule has 24 heavy (non-hydrogen) atoms. The Labute approximate surface area is 141 Å². The third-order valence-electron chi connectivity index (χ3n) is 4.13. The molecule has 0 aliphatic rings. The normalized spacial score (nSPS) is 14.0. The molecular weight excluding hydrogens is 326 g/mol. The lowest BCUT2D eigenvalue weighted by Gasteiger charge is -2.20. The summed E-state index contributed by atoms with van der Waals surface area (Å²) >= 11 is -2.01. The van der Waals surface area contributed by atoms with Gasteiger partial charge in [-0.05, 0) is 35.7 Å². The van der Waals surface area contributed by atoms with Gasteiger partial charge in [0.1, 0.15) is 5.65 Å². The maximum Gasteiger partial charge on any atom is 0.249 e. The van der Waals surface area contributed by atoms with Gasteiger partial charge in [-0.15, -0.1) is 0 Å². The molecule has 0 amide bonds. The molecule has 6 nitrogen and oxygen atoms in total. The van der Waals surface area contributed by atoms with Crippen molar-refractivity contribution in [1.29, 1.82) is 0 Å². The standard InChI is InChI=1S/C17H17N3O3S/c1-11(20(2)24(22)23)12-3-5-13(6-4-12)14-9-10-18-17-15(14)7-8-16(21)19-17/h3-11H,1-2H3,(H,22,23)(H,18,19,21)/t11-/m1/s1. The van der Waals surface area contributed by atoms with Gasteiger partial charge < -0.3 is 4.98 Å². The zero-order chi connectivity index (χ0) is 17.3. The van der Waals surface area contributed by atoms with Crippen molar-refractivity contribution in [2.75, 3.05) is 7.05 Å². The summed E-state index contributed by atoms with van der Waals surface area (Å²) in [4.78, 5) is 18.3. The molecule has 0 fully saturated rings. The van der Waals surface area contributed by atoms with Crippen molar-refractivity contribution in [3.05, 3.63) is 64.6 Å². The zero-order valence-electron chi connectivity index (χ0n) is 13.3. The number of nitrogens with one attached hydrogen (secondary N) is 1. The first-order valence-corrected chi connectivity index (χ1v) is 8.46. The van der Waals surface area contributed by atoms with E-state index in [-0.39, 0.29) is 11.6 Å². The summed E-state index contributed by atoms with van der Waals surface area (Å²) in [5.41, 5.74) is 3.26. The molecule has 3 rings (SSSR count). The molecule has 0 bridgehead atoms. The number of fused-ring (bicyclic) bond motifs is 1. The van der Waals surface area contributed by atoms with Gasteiger partial charge in [0.15, 0.2) is 0 Å². The Morgan fingerprint density at radius 1 is 1.17 bits per heavy atom. The molecule has 2 atom stereocenters. The summed E-state index contributed by atoms with van der Waals surface area (Å²) in [6, 6.07) is 12.7. The Morgan fingerprint density at radius 2 is 1.88 bits per heavy atom. The van der Waals surface area contributed by atoms with Crippen LogP contribution in [0.25, 0.3) is 22.2 Å². The van der Waals surface area contributed by atoms with Crippen molar-refractivity contribution in [1.82, 2.24) is 14.3 Å². The fraction of sp³-hybridized carbons (Fsp3) is 0.176. The van der Waals surface area contributed by atoms with E-state index in [0.29, 0.717) is 5.65 Å². The third-order valence-corrected chi connectivity index (χ3v) is 4.94. The second-order valence-corrected chi connectivity index (χ2v) is 6.56. The summed E-state index contributed by atoms with van der Waals surface area (Å²) in [6.45, 7) is 1.87. The lowest BCUT2D eigenvalue weighted by molar-refractivity contribution is 0.385. The van der Waals surface area contributed by atoms with Gasteiger partial charge >= 0.3 is 0 Å². The number of nitrogens with zero attached hydrogens (tertiary/aromatic N) is 2. The molecule has 0 saturated heterocycles. The van der Waals surface area contributed by atoms with Gasteiger partial charge in [0.25, 0.3) is 0 Å². The van der Waals surface area contributed by atoms with E-state index in [0.717, 1.165) is 22.1 Å². The molecule has 0 aliphatic heterocycles. The minimum atomic E-state index is -2.01. The second kappa shape index (κ2) is 6.64. The van der Waals surface area contributed by atoms with Crippen LogP contribution in [0.1, 0.15) is 18.5 Å². The fourth-order valence-corrected chi connectivity index (χ4v) is 2.99. The molecule has 1 aromatic carbocycles. The quantitative estimate of drug-likeness (QED) is 0.713. The first-order chi connectivity index (χ1) is 11.5. The molecule has 2 N–H and O–H groups in total. The van der Waals surface area contributed by atoms with Crippen LogP contribution in [0, 0.1) is 0 Å². The number of H-pyrrole nitrogens is 1. The van der Waals surface area contributed by atoms with Crippen molar-refractivity contribution in [2.24, 2.45) is 0 Å². The average Bonchev–Trinajstić information content (AvgIpc) is 2.59. The van der Waals surface area contributed by atoms with E-state index in [1.165, 1.54) is 10.4 Å². The highest BCUT2D eigenvalue weighted by atomic mass is 32.2. The van der Waals surface area contributed by atoms with Crippen molar-refractivity contribution in [3.63, 3.8) is 0 Å². The van der Waals surface area contributed by atoms with Crippen molar-refractivity contribution in [2.45, 2.75) is 13.0 Å². The van der Waals surface area contributed by atoms with Crippen LogP contribution in [-0.2, 0) is 11.3 Å². The second-order valence-electron chi connectivity index (χ2n) is 5.52. The SMILES string of the molecule is C[C@H](c1ccc(-c2ccnc3[nH]c(=O)ccc23)cc1)N(C)S(=O)O. The lowest BCUT2D eigenvalue weighted by Crippen LogP contribution is -2.24. The van der Waals surface area contributed by atoms with Gasteiger partial charge in [-0.25, -0.2) is 9.19 Å². The number of pyridine rings is 2. The van der Waals surface area contributed by atoms with Gasteiger partial charge in [-0.1, -0.05) is 24.3 Å². The molecule has 0 radical (unpaired) electrons. The maximum absolute atomic E-state index is 11.4. The maximum atomic E-state index is 11.4. The van der Waals surface area contributed by atoms with Crippen molar-refractivity contribution in [3.8, 4) is 11.1 Å². The predicted octanol–water partition coefficient (Wildman–Crippen LogP) is 2.72. The zero-order valence-corrected chi connectivity index (χ0v) is 14.1. The molecule has 2 heterocycles. The Hall–Kier alpha value is -2.35. The predicted molar refractivity (Wildman–Crippen MR) is 94.7 cm³/mol. The Bertz CT molecular complexity index is 953. The van der Waals surface area contributed by atoms with E-state index >= 15 is 0 Å². The van der Waals surface area contributed by atoms with Gasteiger partial charge in [0.2, 0.25) is 16.8 Å². The van der Waals surface area contributed by atoms with E-state index in [2.05, 4.69) is 9.97 Å². The van der Waals surface area contributed by atoms with E-state index in [1.54, 1.807) is 19.3 Å². The van der Waals surface area contributed by atoms with Crippen molar-refractivity contribution >= 4 is 22.3 Å². The average molecular weight is 343 g/mol. The van der Waals surface area contributed by atoms with Gasteiger partial charge in [0, 0.05) is 30.7 Å². The Balaban J connectivity index is 2.00. The third kappa shape index (κ3) is 3.14. The van der Waals surface area contributed by atoms with E-state index in [4.69, 9.17) is 0 Å². The van der Waals surface area contributed by atoms with Crippen LogP contribution in [0.5, 0.6) is 0 Å². The first-order valence-electron chi connectivity index (χ1n) is 7.39. The van der Waals surface area contributed by atoms with E-state index in [9.17, 15) is 13.6 Å². The molecule has 124 valence electrons. The van der Waals surface area contributed by atoms with Gasteiger partial charge in [-0.3, -0.25) is 9.35 Å². The van der Waals surface area contributed by atoms with Crippen LogP contribution in [0.4, 0.5) is 0 Å². The number of aromatic nitrogens is 2. The topological polar surface area (TPSA) is 86.3 Å². The minimum absolute atomic E-state index is 0.184. The fourth-order valence-electron chi connectivity index (χ4n) is 2.60. The number of benzene rings is 1. The molecule has 1 unspecified atom stereocenters. The van der Waals surface area contributed by atoms with Crippen LogP contribution in [0.3, 0.4) is 0 Å². The summed E-state index contributed by atoms with van der Waals surface area (Å²) in [5, 5.41) is 0.867. The van der Waals surface area contributed by atoms with Crippen LogP contribution < -0.4 is 5.56 Å². The van der Waals surface area contributed by atoms with Crippen LogP contribution >= 0.6 is 0 Å². The summed E-state index contributed by atoms with van der Waals surface area (Å²) in [6.07, 6.45) is 1.66. The monoisotopic (exact) mass is 343 g/mol. The van der Waals surface area contributed by atoms with Gasteiger partial charge in [-0.2, -0.15) is 4.31 Å². The highest BCUT2D eigenvalue weighted by Crippen LogP contribution is 2.28. The molecule has 7 heteroatoms. The summed E-state index contributed by atoms with van der Waals surface area (Å²) in [7, 11) is 1.60. The summed E-state index contributed by atoms with van der Waals surface area (Å²) in [5.74, 6) is 0. The molecule has 0 saturated carbocycles. The van der Waals surface area contributed by atoms with E-state index in [1.807, 2.05) is 37.3 Å². The van der Waals surface area contributed by atoms with Crippen LogP contribution in [0.15, 0.2) is 53.5 Å². The smallest absolute Gasteiger partial charge is 0.249 e. The molecule has 0 aliphatic carbocycles. The lowest BCUT2D eigenvalue weighted by atomic mass is 10.00. The molecule has 0 spiro atoms. The largest absolute Gasteiger partial charge is 0.307 e. The highest BCUT2D eigenvalue weighted by Gasteiger charge is 2.16. The number of hydrogen-bond donors (Lipinski definition) is 2. The Kier molecular flexibility index (Phi) is 4.57. The first kappa shape index (κ1) is 16.5. The number of hydrogen-bond acceptors (Lipinski definition) is 3. The Morgan fingerprint density at radius 3 is 2.54 bits per heavy atom. The van der Waals surface area contributed by atoms with E-state index < -0.39 is 11.3 Å². The highest BCUT2D eigenvalue weighted by molar-refractivity contribution is 7.76. The molecule has 2 aromatic heterocycles. The summed E-state index contributed by atoms with van der Waals surface area (Å²) < 4.78 is 21.7.